The lowest BCUT2D eigenvalue weighted by Crippen LogP contribution is -2.17. The Balaban J connectivity index is 1.66. The van der Waals surface area contributed by atoms with E-state index in [4.69, 9.17) is 16.1 Å². The average molecular weight is 315 g/mol. The monoisotopic (exact) mass is 314 g/mol. The van der Waals surface area contributed by atoms with E-state index in [1.165, 1.54) is 0 Å². The number of benzene rings is 1. The van der Waals surface area contributed by atoms with Crippen LogP contribution in [0.5, 0.6) is 0 Å². The van der Waals surface area contributed by atoms with Crippen LogP contribution in [-0.4, -0.2) is 27.1 Å². The molecular weight excluding hydrogens is 300 g/mol. The Morgan fingerprint density at radius 1 is 1.14 bits per heavy atom. The van der Waals surface area contributed by atoms with Gasteiger partial charge >= 0.3 is 0 Å². The highest BCUT2D eigenvalue weighted by Gasteiger charge is 2.11. The van der Waals surface area contributed by atoms with Crippen LogP contribution in [0.4, 0.5) is 0 Å². The average Bonchev–Trinajstić information content (AvgIpc) is 2.99. The summed E-state index contributed by atoms with van der Waals surface area (Å²) in [5.41, 5.74) is 1.91. The van der Waals surface area contributed by atoms with Gasteiger partial charge in [-0.15, -0.1) is 0 Å². The summed E-state index contributed by atoms with van der Waals surface area (Å²) in [6.45, 7) is 1.27. The maximum Gasteiger partial charge on any atom is 0.241 e. The molecule has 0 radical (unpaired) electrons. The Morgan fingerprint density at radius 2 is 2.00 bits per heavy atom. The van der Waals surface area contributed by atoms with Crippen molar-refractivity contribution in [1.82, 2.24) is 20.0 Å². The number of pyridine rings is 1. The van der Waals surface area contributed by atoms with Crippen LogP contribution in [0.2, 0.25) is 5.02 Å². The van der Waals surface area contributed by atoms with Gasteiger partial charge in [0.15, 0.2) is 0 Å². The summed E-state index contributed by atoms with van der Waals surface area (Å²) in [7, 11) is 1.98. The largest absolute Gasteiger partial charge is 0.338 e. The molecule has 112 valence electrons. The second-order valence-electron chi connectivity index (χ2n) is 5.02. The highest BCUT2D eigenvalue weighted by Crippen LogP contribution is 2.18. The van der Waals surface area contributed by atoms with Crippen molar-refractivity contribution in [3.63, 3.8) is 0 Å². The molecule has 5 nitrogen and oxygen atoms in total. The van der Waals surface area contributed by atoms with Gasteiger partial charge in [-0.25, -0.2) is 0 Å². The molecule has 0 aliphatic carbocycles. The van der Waals surface area contributed by atoms with Crippen molar-refractivity contribution in [2.24, 2.45) is 0 Å². The zero-order valence-electron chi connectivity index (χ0n) is 12.1. The third-order valence-corrected chi connectivity index (χ3v) is 3.56. The van der Waals surface area contributed by atoms with Gasteiger partial charge in [-0.05, 0) is 30.8 Å². The Hall–Kier alpha value is -2.24. The molecule has 0 fully saturated rings. The van der Waals surface area contributed by atoms with Gasteiger partial charge in [0.05, 0.1) is 6.54 Å². The van der Waals surface area contributed by atoms with Crippen LogP contribution < -0.4 is 0 Å². The van der Waals surface area contributed by atoms with Gasteiger partial charge in [-0.1, -0.05) is 35.0 Å². The SMILES string of the molecule is CN(Cc1nc(-c2cccnc2)no1)Cc1ccccc1Cl. The fourth-order valence-electron chi connectivity index (χ4n) is 2.14. The van der Waals surface area contributed by atoms with Crippen molar-refractivity contribution < 1.29 is 4.52 Å². The lowest BCUT2D eigenvalue weighted by Gasteiger charge is -2.14. The van der Waals surface area contributed by atoms with Crippen LogP contribution in [-0.2, 0) is 13.1 Å². The molecule has 6 heteroatoms. The van der Waals surface area contributed by atoms with Gasteiger partial charge in [0.1, 0.15) is 0 Å². The number of aromatic nitrogens is 3. The second kappa shape index (κ2) is 6.68. The lowest BCUT2D eigenvalue weighted by molar-refractivity contribution is 0.261. The van der Waals surface area contributed by atoms with Gasteiger partial charge in [0.25, 0.3) is 0 Å². The third-order valence-electron chi connectivity index (χ3n) is 3.19. The number of halogens is 1. The minimum atomic E-state index is 0.550. The fourth-order valence-corrected chi connectivity index (χ4v) is 2.33. The standard InChI is InChI=1S/C16H15ClN4O/c1-21(10-13-5-2-3-7-14(13)17)11-15-19-16(20-22-15)12-6-4-8-18-9-12/h2-9H,10-11H2,1H3. The first-order valence-electron chi connectivity index (χ1n) is 6.87. The molecule has 3 rings (SSSR count). The zero-order valence-corrected chi connectivity index (χ0v) is 12.9. The van der Waals surface area contributed by atoms with Crippen molar-refractivity contribution in [1.29, 1.82) is 0 Å². The van der Waals surface area contributed by atoms with Crippen LogP contribution in [0.1, 0.15) is 11.5 Å². The van der Waals surface area contributed by atoms with Gasteiger partial charge in [-0.2, -0.15) is 4.98 Å². The fraction of sp³-hybridized carbons (Fsp3) is 0.188. The first kappa shape index (κ1) is 14.7. The molecule has 2 aromatic heterocycles. The number of hydrogen-bond acceptors (Lipinski definition) is 5. The van der Waals surface area contributed by atoms with E-state index in [1.54, 1.807) is 12.4 Å². The summed E-state index contributed by atoms with van der Waals surface area (Å²) in [6, 6.07) is 11.5. The molecule has 0 saturated carbocycles. The minimum Gasteiger partial charge on any atom is -0.338 e. The number of hydrogen-bond donors (Lipinski definition) is 0. The summed E-state index contributed by atoms with van der Waals surface area (Å²) in [4.78, 5) is 10.5. The summed E-state index contributed by atoms with van der Waals surface area (Å²) in [5.74, 6) is 1.11. The Morgan fingerprint density at radius 3 is 2.77 bits per heavy atom. The van der Waals surface area contributed by atoms with Crippen molar-refractivity contribution in [3.8, 4) is 11.4 Å². The van der Waals surface area contributed by atoms with Gasteiger partial charge in [0, 0.05) is 29.5 Å². The summed E-state index contributed by atoms with van der Waals surface area (Å²) < 4.78 is 5.29. The van der Waals surface area contributed by atoms with Crippen LogP contribution in [0, 0.1) is 0 Å². The highest BCUT2D eigenvalue weighted by atomic mass is 35.5. The lowest BCUT2D eigenvalue weighted by atomic mass is 10.2. The van der Waals surface area contributed by atoms with Crippen LogP contribution in [0.15, 0.2) is 53.3 Å². The van der Waals surface area contributed by atoms with E-state index >= 15 is 0 Å². The maximum atomic E-state index is 6.17. The molecule has 1 aromatic carbocycles. The van der Waals surface area contributed by atoms with Gasteiger partial charge in [-0.3, -0.25) is 9.88 Å². The van der Waals surface area contributed by atoms with E-state index < -0.39 is 0 Å². The molecular formula is C16H15ClN4O. The molecule has 0 amide bonds. The van der Waals surface area contributed by atoms with Crippen molar-refractivity contribution in [3.05, 3.63) is 65.3 Å². The second-order valence-corrected chi connectivity index (χ2v) is 5.42. The van der Waals surface area contributed by atoms with Gasteiger partial charge in [0.2, 0.25) is 11.7 Å². The van der Waals surface area contributed by atoms with Crippen LogP contribution in [0.3, 0.4) is 0 Å². The first-order valence-corrected chi connectivity index (χ1v) is 7.25. The number of rotatable bonds is 5. The Bertz CT molecular complexity index is 745. The predicted octanol–water partition coefficient (Wildman–Crippen LogP) is 3.42. The minimum absolute atomic E-state index is 0.550. The molecule has 0 aliphatic heterocycles. The molecule has 2 heterocycles. The molecule has 0 saturated heterocycles. The van der Waals surface area contributed by atoms with Crippen LogP contribution in [0.25, 0.3) is 11.4 Å². The van der Waals surface area contributed by atoms with E-state index in [-0.39, 0.29) is 0 Å². The molecule has 0 atom stereocenters. The van der Waals surface area contributed by atoms with E-state index in [2.05, 4.69) is 20.0 Å². The molecule has 0 bridgehead atoms. The summed E-state index contributed by atoms with van der Waals surface area (Å²) in [6.07, 6.45) is 3.42. The van der Waals surface area contributed by atoms with Crippen LogP contribution >= 0.6 is 11.6 Å². The van der Waals surface area contributed by atoms with Crippen molar-refractivity contribution in [2.45, 2.75) is 13.1 Å². The Labute approximate surface area is 133 Å². The predicted molar refractivity (Wildman–Crippen MR) is 84.2 cm³/mol. The summed E-state index contributed by atoms with van der Waals surface area (Å²) in [5, 5.41) is 4.75. The smallest absolute Gasteiger partial charge is 0.241 e. The molecule has 3 aromatic rings. The molecule has 22 heavy (non-hydrogen) atoms. The van der Waals surface area contributed by atoms with E-state index in [0.29, 0.717) is 24.8 Å². The molecule has 0 unspecified atom stereocenters. The normalized spacial score (nSPS) is 11.0. The quantitative estimate of drug-likeness (QED) is 0.722. The van der Waals surface area contributed by atoms with E-state index in [1.807, 2.05) is 43.4 Å². The van der Waals surface area contributed by atoms with Crippen molar-refractivity contribution >= 4 is 11.6 Å². The Kier molecular flexibility index (Phi) is 4.46. The van der Waals surface area contributed by atoms with E-state index in [9.17, 15) is 0 Å². The third kappa shape index (κ3) is 3.50. The first-order chi connectivity index (χ1) is 10.7. The maximum absolute atomic E-state index is 6.17. The molecule has 0 N–H and O–H groups in total. The van der Waals surface area contributed by atoms with E-state index in [0.717, 1.165) is 16.1 Å². The molecule has 0 spiro atoms. The van der Waals surface area contributed by atoms with Gasteiger partial charge < -0.3 is 4.52 Å². The summed E-state index contributed by atoms with van der Waals surface area (Å²) >= 11 is 6.17. The molecule has 0 aliphatic rings. The highest BCUT2D eigenvalue weighted by molar-refractivity contribution is 6.31. The zero-order chi connectivity index (χ0) is 15.4. The number of nitrogens with zero attached hydrogens (tertiary/aromatic N) is 4. The topological polar surface area (TPSA) is 55.1 Å². The van der Waals surface area contributed by atoms with Crippen molar-refractivity contribution in [2.75, 3.05) is 7.05 Å².